The highest BCUT2D eigenvalue weighted by atomic mass is 16.5. The molecule has 0 aliphatic carbocycles. The summed E-state index contributed by atoms with van der Waals surface area (Å²) in [6.45, 7) is 6.31. The lowest BCUT2D eigenvalue weighted by molar-refractivity contribution is 0.210. The fourth-order valence-electron chi connectivity index (χ4n) is 1.82. The van der Waals surface area contributed by atoms with Crippen molar-refractivity contribution in [3.8, 4) is 5.75 Å². The van der Waals surface area contributed by atoms with E-state index < -0.39 is 0 Å². The van der Waals surface area contributed by atoms with Gasteiger partial charge in [0.05, 0.1) is 6.10 Å². The molecule has 90 valence electrons. The summed E-state index contributed by atoms with van der Waals surface area (Å²) in [5.41, 5.74) is 7.03. The molecule has 0 saturated heterocycles. The van der Waals surface area contributed by atoms with Gasteiger partial charge in [-0.25, -0.2) is 0 Å². The molecule has 0 amide bonds. The van der Waals surface area contributed by atoms with E-state index in [1.54, 1.807) is 0 Å². The molecule has 1 aromatic carbocycles. The molecule has 0 fully saturated rings. The third kappa shape index (κ3) is 4.67. The molecule has 1 rings (SSSR count). The molecule has 0 aliphatic rings. The van der Waals surface area contributed by atoms with Crippen LogP contribution in [0.5, 0.6) is 5.75 Å². The minimum atomic E-state index is 0.198. The second-order valence-electron chi connectivity index (χ2n) is 4.55. The van der Waals surface area contributed by atoms with Crippen molar-refractivity contribution >= 4 is 0 Å². The van der Waals surface area contributed by atoms with E-state index in [-0.39, 0.29) is 12.1 Å². The zero-order valence-corrected chi connectivity index (χ0v) is 10.6. The number of nitrogens with two attached hydrogens (primary N) is 1. The number of ether oxygens (including phenoxy) is 1. The van der Waals surface area contributed by atoms with Crippen LogP contribution in [0, 0.1) is 0 Å². The first-order valence-corrected chi connectivity index (χ1v) is 6.13. The molecular weight excluding hydrogens is 198 g/mol. The predicted octanol–water partition coefficient (Wildman–Crippen LogP) is 3.14. The molecule has 2 N–H and O–H groups in total. The minimum Gasteiger partial charge on any atom is -0.491 e. The fourth-order valence-corrected chi connectivity index (χ4v) is 1.82. The van der Waals surface area contributed by atoms with Crippen LogP contribution in [0.15, 0.2) is 24.3 Å². The highest BCUT2D eigenvalue weighted by molar-refractivity contribution is 5.29. The van der Waals surface area contributed by atoms with Crippen LogP contribution >= 0.6 is 0 Å². The quantitative estimate of drug-likeness (QED) is 0.801. The molecule has 2 unspecified atom stereocenters. The lowest BCUT2D eigenvalue weighted by Crippen LogP contribution is -2.18. The third-order valence-electron chi connectivity index (χ3n) is 2.49. The van der Waals surface area contributed by atoms with E-state index in [9.17, 15) is 0 Å². The lowest BCUT2D eigenvalue weighted by atomic mass is 10.1. The molecule has 0 bridgehead atoms. The van der Waals surface area contributed by atoms with Gasteiger partial charge in [-0.05, 0) is 44.4 Å². The summed E-state index contributed by atoms with van der Waals surface area (Å²) in [5.74, 6) is 0.958. The SMILES string of the molecule is CCCC(C)Oc1cccc(CC(C)N)c1. The molecule has 2 heteroatoms. The number of benzene rings is 1. The maximum absolute atomic E-state index is 5.84. The van der Waals surface area contributed by atoms with Gasteiger partial charge in [-0.2, -0.15) is 0 Å². The van der Waals surface area contributed by atoms with E-state index in [2.05, 4.69) is 26.0 Å². The van der Waals surface area contributed by atoms with E-state index in [0.717, 1.165) is 25.0 Å². The second-order valence-corrected chi connectivity index (χ2v) is 4.55. The van der Waals surface area contributed by atoms with Crippen molar-refractivity contribution in [2.75, 3.05) is 0 Å². The van der Waals surface area contributed by atoms with Crippen LogP contribution in [0.25, 0.3) is 0 Å². The summed E-state index contributed by atoms with van der Waals surface area (Å²) >= 11 is 0. The van der Waals surface area contributed by atoms with E-state index >= 15 is 0 Å². The zero-order valence-electron chi connectivity index (χ0n) is 10.6. The van der Waals surface area contributed by atoms with Crippen LogP contribution in [-0.2, 0) is 6.42 Å². The summed E-state index contributed by atoms with van der Waals surface area (Å²) < 4.78 is 5.84. The second kappa shape index (κ2) is 6.54. The summed E-state index contributed by atoms with van der Waals surface area (Å²) in [4.78, 5) is 0. The third-order valence-corrected chi connectivity index (χ3v) is 2.49. The van der Waals surface area contributed by atoms with Gasteiger partial charge in [0.25, 0.3) is 0 Å². The van der Waals surface area contributed by atoms with Gasteiger partial charge in [0.15, 0.2) is 0 Å². The largest absolute Gasteiger partial charge is 0.491 e. The van der Waals surface area contributed by atoms with Crippen molar-refractivity contribution in [2.24, 2.45) is 5.73 Å². The molecule has 2 nitrogen and oxygen atoms in total. The molecule has 2 atom stereocenters. The van der Waals surface area contributed by atoms with Crippen LogP contribution < -0.4 is 10.5 Å². The molecule has 0 spiro atoms. The summed E-state index contributed by atoms with van der Waals surface area (Å²) in [6.07, 6.45) is 3.44. The van der Waals surface area contributed by atoms with Crippen molar-refractivity contribution in [1.29, 1.82) is 0 Å². The Morgan fingerprint density at radius 3 is 2.69 bits per heavy atom. The van der Waals surface area contributed by atoms with E-state index in [4.69, 9.17) is 10.5 Å². The standard InChI is InChI=1S/C14H23NO/c1-4-6-12(3)16-14-8-5-7-13(10-14)9-11(2)15/h5,7-8,10-12H,4,6,9,15H2,1-3H3. The molecule has 0 heterocycles. The Morgan fingerprint density at radius 2 is 2.06 bits per heavy atom. The van der Waals surface area contributed by atoms with Crippen molar-refractivity contribution in [1.82, 2.24) is 0 Å². The van der Waals surface area contributed by atoms with Gasteiger partial charge in [-0.3, -0.25) is 0 Å². The summed E-state index contributed by atoms with van der Waals surface area (Å²) in [6, 6.07) is 8.43. The molecule has 0 radical (unpaired) electrons. The van der Waals surface area contributed by atoms with Gasteiger partial charge in [0, 0.05) is 6.04 Å². The molecule has 0 aromatic heterocycles. The van der Waals surface area contributed by atoms with E-state index in [1.807, 2.05) is 19.1 Å². The monoisotopic (exact) mass is 221 g/mol. The number of rotatable bonds is 6. The molecule has 0 aliphatic heterocycles. The lowest BCUT2D eigenvalue weighted by Gasteiger charge is -2.14. The van der Waals surface area contributed by atoms with Crippen molar-refractivity contribution in [2.45, 2.75) is 52.2 Å². The van der Waals surface area contributed by atoms with Gasteiger partial charge < -0.3 is 10.5 Å². The Morgan fingerprint density at radius 1 is 1.31 bits per heavy atom. The molecule has 1 aromatic rings. The minimum absolute atomic E-state index is 0.198. The normalized spacial score (nSPS) is 14.5. The maximum Gasteiger partial charge on any atom is 0.119 e. The Balaban J connectivity index is 2.59. The topological polar surface area (TPSA) is 35.2 Å². The maximum atomic E-state index is 5.84. The Labute approximate surface area is 98.8 Å². The van der Waals surface area contributed by atoms with Crippen LogP contribution in [0.2, 0.25) is 0 Å². The smallest absolute Gasteiger partial charge is 0.119 e. The summed E-state index contributed by atoms with van der Waals surface area (Å²) in [7, 11) is 0. The fraction of sp³-hybridized carbons (Fsp3) is 0.571. The van der Waals surface area contributed by atoms with Crippen molar-refractivity contribution in [3.05, 3.63) is 29.8 Å². The highest BCUT2D eigenvalue weighted by Crippen LogP contribution is 2.17. The molecule has 16 heavy (non-hydrogen) atoms. The van der Waals surface area contributed by atoms with Gasteiger partial charge in [0.1, 0.15) is 5.75 Å². The van der Waals surface area contributed by atoms with E-state index in [0.29, 0.717) is 0 Å². The highest BCUT2D eigenvalue weighted by Gasteiger charge is 2.04. The first kappa shape index (κ1) is 13.0. The first-order chi connectivity index (χ1) is 7.61. The van der Waals surface area contributed by atoms with Crippen molar-refractivity contribution in [3.63, 3.8) is 0 Å². The van der Waals surface area contributed by atoms with Crippen LogP contribution in [0.3, 0.4) is 0 Å². The van der Waals surface area contributed by atoms with Gasteiger partial charge >= 0.3 is 0 Å². The van der Waals surface area contributed by atoms with Crippen LogP contribution in [0.1, 0.15) is 39.2 Å². The number of hydrogen-bond donors (Lipinski definition) is 1. The van der Waals surface area contributed by atoms with Crippen LogP contribution in [0.4, 0.5) is 0 Å². The zero-order chi connectivity index (χ0) is 12.0. The van der Waals surface area contributed by atoms with Crippen LogP contribution in [-0.4, -0.2) is 12.1 Å². The Hall–Kier alpha value is -1.02. The van der Waals surface area contributed by atoms with Gasteiger partial charge in [-0.15, -0.1) is 0 Å². The Kier molecular flexibility index (Phi) is 5.33. The van der Waals surface area contributed by atoms with Crippen molar-refractivity contribution < 1.29 is 4.74 Å². The van der Waals surface area contributed by atoms with Gasteiger partial charge in [0.2, 0.25) is 0 Å². The first-order valence-electron chi connectivity index (χ1n) is 6.13. The molecular formula is C14H23NO. The van der Waals surface area contributed by atoms with E-state index in [1.165, 1.54) is 5.56 Å². The Bertz CT molecular complexity index is 309. The summed E-state index contributed by atoms with van der Waals surface area (Å²) in [5, 5.41) is 0. The molecule has 0 saturated carbocycles. The predicted molar refractivity (Wildman–Crippen MR) is 68.8 cm³/mol. The number of hydrogen-bond acceptors (Lipinski definition) is 2. The average Bonchev–Trinajstić information content (AvgIpc) is 2.17. The average molecular weight is 221 g/mol. The van der Waals surface area contributed by atoms with Gasteiger partial charge in [-0.1, -0.05) is 25.5 Å².